The molecule has 1 aliphatic carbocycles. The molecule has 1 amide bonds. The lowest BCUT2D eigenvalue weighted by atomic mass is 9.77. The van der Waals surface area contributed by atoms with Crippen LogP contribution in [0.1, 0.15) is 24.1 Å². The number of carbonyl (C=O) groups is 1. The summed E-state index contributed by atoms with van der Waals surface area (Å²) >= 11 is 0. The number of fused-ring (bicyclic) bond motifs is 1. The highest BCUT2D eigenvalue weighted by Gasteiger charge is 2.40. The first kappa shape index (κ1) is 15.0. The van der Waals surface area contributed by atoms with E-state index in [1.807, 2.05) is 4.90 Å². The number of H-pyrrole nitrogens is 1. The molecule has 2 fully saturated rings. The summed E-state index contributed by atoms with van der Waals surface area (Å²) in [5, 5.41) is 0. The maximum atomic E-state index is 12.5. The molecular weight excluding hydrogens is 306 g/mol. The minimum atomic E-state index is -0.291. The molecule has 124 valence electrons. The van der Waals surface area contributed by atoms with E-state index < -0.39 is 0 Å². The zero-order valence-corrected chi connectivity index (χ0v) is 13.5. The topological polar surface area (TPSA) is 91.8 Å². The van der Waals surface area contributed by atoms with Crippen molar-refractivity contribution in [3.8, 4) is 11.6 Å². The van der Waals surface area contributed by atoms with Crippen LogP contribution in [0.15, 0.2) is 23.3 Å². The predicted molar refractivity (Wildman–Crippen MR) is 87.1 cm³/mol. The first-order valence-corrected chi connectivity index (χ1v) is 8.27. The van der Waals surface area contributed by atoms with Crippen molar-refractivity contribution in [3.63, 3.8) is 0 Å². The molecule has 3 heterocycles. The Morgan fingerprint density at radius 2 is 1.92 bits per heavy atom. The Morgan fingerprint density at radius 3 is 2.50 bits per heavy atom. The van der Waals surface area contributed by atoms with Gasteiger partial charge in [0, 0.05) is 36.7 Å². The van der Waals surface area contributed by atoms with Crippen LogP contribution in [-0.4, -0.2) is 43.8 Å². The summed E-state index contributed by atoms with van der Waals surface area (Å²) < 4.78 is 0. The fourth-order valence-electron chi connectivity index (χ4n) is 3.57. The summed E-state index contributed by atoms with van der Waals surface area (Å²) in [6.07, 6.45) is 5.74. The molecule has 7 nitrogen and oxygen atoms in total. The number of aromatic nitrogens is 4. The fourth-order valence-corrected chi connectivity index (χ4v) is 3.57. The van der Waals surface area contributed by atoms with Gasteiger partial charge in [-0.1, -0.05) is 0 Å². The molecule has 2 aromatic heterocycles. The molecular formula is C17H19N5O2. The third-order valence-corrected chi connectivity index (χ3v) is 5.17. The minimum absolute atomic E-state index is 0.0171. The molecule has 4 rings (SSSR count). The Labute approximate surface area is 139 Å². The maximum Gasteiger partial charge on any atom is 0.255 e. The molecule has 0 unspecified atom stereocenters. The molecule has 1 aliphatic heterocycles. The normalized spacial score (nSPS) is 22.1. The molecule has 1 saturated carbocycles. The van der Waals surface area contributed by atoms with Gasteiger partial charge in [0.2, 0.25) is 5.91 Å². The van der Waals surface area contributed by atoms with Crippen LogP contribution >= 0.6 is 0 Å². The number of rotatable bonds is 3. The Kier molecular flexibility index (Phi) is 3.63. The number of hydrogen-bond acceptors (Lipinski definition) is 5. The molecule has 24 heavy (non-hydrogen) atoms. The monoisotopic (exact) mass is 325 g/mol. The Hall–Kier alpha value is -2.57. The summed E-state index contributed by atoms with van der Waals surface area (Å²) in [5.74, 6) is 2.05. The highest BCUT2D eigenvalue weighted by atomic mass is 16.2. The van der Waals surface area contributed by atoms with Crippen LogP contribution in [0.25, 0.3) is 11.6 Å². The lowest BCUT2D eigenvalue weighted by Gasteiger charge is -2.27. The van der Waals surface area contributed by atoms with Crippen LogP contribution in [-0.2, 0) is 11.2 Å². The second-order valence-corrected chi connectivity index (χ2v) is 6.62. The molecule has 0 radical (unpaired) electrons. The molecule has 1 saturated heterocycles. The predicted octanol–water partition coefficient (Wildman–Crippen LogP) is 0.946. The average molecular weight is 325 g/mol. The van der Waals surface area contributed by atoms with E-state index in [0.29, 0.717) is 34.7 Å². The van der Waals surface area contributed by atoms with Gasteiger partial charge >= 0.3 is 0 Å². The standard InChI is InChI=1S/C17H19N5O2/c1-10-13(7-14(23)22-8-11-3-4-12(11)9-22)17(24)21-16(20-10)15-18-5-2-6-19-15/h2,5-6,11-12H,3-4,7-9H2,1H3,(H,20,21,24)/t11-,12+. The number of amides is 1. The van der Waals surface area contributed by atoms with E-state index in [2.05, 4.69) is 19.9 Å². The Morgan fingerprint density at radius 1 is 1.25 bits per heavy atom. The van der Waals surface area contributed by atoms with E-state index in [0.717, 1.165) is 13.1 Å². The number of hydrogen-bond donors (Lipinski definition) is 1. The van der Waals surface area contributed by atoms with Crippen molar-refractivity contribution in [2.24, 2.45) is 11.8 Å². The molecule has 2 aromatic rings. The van der Waals surface area contributed by atoms with Crippen molar-refractivity contribution in [2.75, 3.05) is 13.1 Å². The molecule has 0 spiro atoms. The summed E-state index contributed by atoms with van der Waals surface area (Å²) in [6, 6.07) is 1.70. The molecule has 1 N–H and O–H groups in total. The Balaban J connectivity index is 1.55. The number of nitrogens with one attached hydrogen (secondary N) is 1. The molecule has 7 heteroatoms. The van der Waals surface area contributed by atoms with Gasteiger partial charge in [0.05, 0.1) is 6.42 Å². The lowest BCUT2D eigenvalue weighted by molar-refractivity contribution is -0.129. The van der Waals surface area contributed by atoms with Crippen LogP contribution in [0.5, 0.6) is 0 Å². The highest BCUT2D eigenvalue weighted by molar-refractivity contribution is 5.79. The summed E-state index contributed by atoms with van der Waals surface area (Å²) in [6.45, 7) is 3.42. The second-order valence-electron chi connectivity index (χ2n) is 6.62. The average Bonchev–Trinajstić information content (AvgIpc) is 2.86. The Bertz CT molecular complexity index is 821. The van der Waals surface area contributed by atoms with Crippen molar-refractivity contribution in [2.45, 2.75) is 26.2 Å². The van der Waals surface area contributed by atoms with E-state index in [4.69, 9.17) is 0 Å². The summed E-state index contributed by atoms with van der Waals surface area (Å²) in [7, 11) is 0. The van der Waals surface area contributed by atoms with E-state index in [1.165, 1.54) is 12.8 Å². The van der Waals surface area contributed by atoms with Crippen LogP contribution in [0, 0.1) is 18.8 Å². The van der Waals surface area contributed by atoms with Gasteiger partial charge in [-0.3, -0.25) is 9.59 Å². The minimum Gasteiger partial charge on any atom is -0.342 e. The fraction of sp³-hybridized carbons (Fsp3) is 0.471. The van der Waals surface area contributed by atoms with Crippen LogP contribution < -0.4 is 5.56 Å². The van der Waals surface area contributed by atoms with Gasteiger partial charge in [-0.2, -0.15) is 0 Å². The molecule has 2 aliphatic rings. The van der Waals surface area contributed by atoms with E-state index in [9.17, 15) is 9.59 Å². The number of likely N-dealkylation sites (tertiary alicyclic amines) is 1. The number of aromatic amines is 1. The van der Waals surface area contributed by atoms with E-state index in [-0.39, 0.29) is 17.9 Å². The largest absolute Gasteiger partial charge is 0.342 e. The van der Waals surface area contributed by atoms with Crippen LogP contribution in [0.4, 0.5) is 0 Å². The van der Waals surface area contributed by atoms with Gasteiger partial charge < -0.3 is 9.88 Å². The zero-order valence-electron chi connectivity index (χ0n) is 13.5. The van der Waals surface area contributed by atoms with Crippen molar-refractivity contribution < 1.29 is 4.79 Å². The number of nitrogens with zero attached hydrogens (tertiary/aromatic N) is 4. The number of carbonyl (C=O) groups excluding carboxylic acids is 1. The zero-order chi connectivity index (χ0) is 16.7. The van der Waals surface area contributed by atoms with Gasteiger partial charge in [-0.15, -0.1) is 0 Å². The van der Waals surface area contributed by atoms with Crippen molar-refractivity contribution >= 4 is 5.91 Å². The lowest BCUT2D eigenvalue weighted by Crippen LogP contribution is -2.32. The third kappa shape index (κ3) is 2.60. The second kappa shape index (κ2) is 5.81. The van der Waals surface area contributed by atoms with E-state index in [1.54, 1.807) is 25.4 Å². The van der Waals surface area contributed by atoms with Crippen LogP contribution in [0.2, 0.25) is 0 Å². The third-order valence-electron chi connectivity index (χ3n) is 5.17. The van der Waals surface area contributed by atoms with Crippen molar-refractivity contribution in [1.82, 2.24) is 24.8 Å². The van der Waals surface area contributed by atoms with Gasteiger partial charge in [0.15, 0.2) is 11.6 Å². The van der Waals surface area contributed by atoms with Crippen molar-refractivity contribution in [3.05, 3.63) is 40.1 Å². The molecule has 0 bridgehead atoms. The first-order valence-electron chi connectivity index (χ1n) is 8.27. The maximum absolute atomic E-state index is 12.5. The van der Waals surface area contributed by atoms with Crippen LogP contribution in [0.3, 0.4) is 0 Å². The molecule has 2 atom stereocenters. The van der Waals surface area contributed by atoms with Gasteiger partial charge in [-0.25, -0.2) is 15.0 Å². The quantitative estimate of drug-likeness (QED) is 0.907. The van der Waals surface area contributed by atoms with Crippen molar-refractivity contribution in [1.29, 1.82) is 0 Å². The summed E-state index contributed by atoms with van der Waals surface area (Å²) in [4.78, 5) is 42.1. The smallest absolute Gasteiger partial charge is 0.255 e. The SMILES string of the molecule is Cc1nc(-c2ncccn2)[nH]c(=O)c1CC(=O)N1C[C@H]2CC[C@H]2C1. The van der Waals surface area contributed by atoms with Gasteiger partial charge in [0.1, 0.15) is 0 Å². The van der Waals surface area contributed by atoms with Gasteiger partial charge in [0.25, 0.3) is 5.56 Å². The molecule has 0 aromatic carbocycles. The summed E-state index contributed by atoms with van der Waals surface area (Å²) in [5.41, 5.74) is 0.691. The number of aryl methyl sites for hydroxylation is 1. The van der Waals surface area contributed by atoms with E-state index >= 15 is 0 Å². The first-order chi connectivity index (χ1) is 11.6. The highest BCUT2D eigenvalue weighted by Crippen LogP contribution is 2.40. The van der Waals surface area contributed by atoms with Gasteiger partial charge in [-0.05, 0) is 37.7 Å².